The van der Waals surface area contributed by atoms with Crippen LogP contribution in [0.15, 0.2) is 41.8 Å². The number of halogens is 1. The Bertz CT molecular complexity index is 611. The van der Waals surface area contributed by atoms with Gasteiger partial charge in [-0.05, 0) is 35.6 Å². The average Bonchev–Trinajstić information content (AvgIpc) is 3.03. The molecule has 0 bridgehead atoms. The molecule has 1 heterocycles. The van der Waals surface area contributed by atoms with Crippen molar-refractivity contribution in [3.05, 3.63) is 58.0 Å². The molecule has 0 saturated heterocycles. The highest BCUT2D eigenvalue weighted by Crippen LogP contribution is 2.07. The number of carbonyl (C=O) groups is 2. The molecule has 0 atom stereocenters. The molecule has 0 unspecified atom stereocenters. The topological polar surface area (TPSA) is 55.4 Å². The monoisotopic (exact) mass is 321 g/mol. The van der Waals surface area contributed by atoms with Crippen molar-refractivity contribution in [3.63, 3.8) is 0 Å². The predicted octanol–water partition coefficient (Wildman–Crippen LogP) is 2.79. The van der Waals surface area contributed by atoms with Crippen LogP contribution in [0.2, 0.25) is 0 Å². The zero-order valence-corrected chi connectivity index (χ0v) is 12.7. The van der Waals surface area contributed by atoms with E-state index in [0.717, 1.165) is 0 Å². The van der Waals surface area contributed by atoms with Gasteiger partial charge in [-0.25, -0.2) is 4.39 Å². The van der Waals surface area contributed by atoms with Gasteiger partial charge in [-0.3, -0.25) is 9.59 Å². The first kappa shape index (κ1) is 16.2. The van der Waals surface area contributed by atoms with E-state index in [0.29, 0.717) is 23.4 Å². The second-order valence-electron chi connectivity index (χ2n) is 4.61. The van der Waals surface area contributed by atoms with Crippen LogP contribution in [0.25, 0.3) is 0 Å². The van der Waals surface area contributed by atoms with Gasteiger partial charge in [0, 0.05) is 6.54 Å². The molecule has 0 aliphatic carbocycles. The number of benzene rings is 1. The van der Waals surface area contributed by atoms with Crippen molar-refractivity contribution in [1.29, 1.82) is 0 Å². The van der Waals surface area contributed by atoms with Crippen LogP contribution in [-0.4, -0.2) is 25.0 Å². The van der Waals surface area contributed by atoms with Crippen LogP contribution in [0.3, 0.4) is 0 Å². The molecule has 1 amide bonds. The van der Waals surface area contributed by atoms with Gasteiger partial charge in [-0.1, -0.05) is 18.2 Å². The standard InChI is InChI=1S/C16H16FNO3S/c17-13-6-4-12(5-7-13)11-15(19)21-9-2-8-18-16(20)14-3-1-10-22-14/h1,3-7,10H,2,8-9,11H2,(H,18,20). The van der Waals surface area contributed by atoms with E-state index in [4.69, 9.17) is 4.74 Å². The fraction of sp³-hybridized carbons (Fsp3) is 0.250. The molecule has 0 fully saturated rings. The Labute approximate surface area is 131 Å². The minimum absolute atomic E-state index is 0.113. The van der Waals surface area contributed by atoms with Gasteiger partial charge in [-0.2, -0.15) is 0 Å². The maximum atomic E-state index is 12.7. The van der Waals surface area contributed by atoms with E-state index in [1.54, 1.807) is 18.2 Å². The molecular weight excluding hydrogens is 305 g/mol. The molecule has 0 aliphatic heterocycles. The molecule has 2 rings (SSSR count). The third kappa shape index (κ3) is 5.29. The lowest BCUT2D eigenvalue weighted by Crippen LogP contribution is -2.24. The van der Waals surface area contributed by atoms with E-state index < -0.39 is 0 Å². The van der Waals surface area contributed by atoms with Crippen LogP contribution in [0, 0.1) is 5.82 Å². The summed E-state index contributed by atoms with van der Waals surface area (Å²) in [7, 11) is 0. The summed E-state index contributed by atoms with van der Waals surface area (Å²) in [5.74, 6) is -0.817. The molecule has 1 aromatic carbocycles. The average molecular weight is 321 g/mol. The van der Waals surface area contributed by atoms with Crippen molar-refractivity contribution in [3.8, 4) is 0 Å². The first-order valence-electron chi connectivity index (χ1n) is 6.87. The second-order valence-corrected chi connectivity index (χ2v) is 5.56. The van der Waals surface area contributed by atoms with Crippen LogP contribution in [0.1, 0.15) is 21.7 Å². The van der Waals surface area contributed by atoms with Gasteiger partial charge in [0.25, 0.3) is 5.91 Å². The Morgan fingerprint density at radius 2 is 1.95 bits per heavy atom. The van der Waals surface area contributed by atoms with Crippen molar-refractivity contribution in [2.45, 2.75) is 12.8 Å². The molecule has 0 radical (unpaired) electrons. The summed E-state index contributed by atoms with van der Waals surface area (Å²) >= 11 is 1.38. The lowest BCUT2D eigenvalue weighted by atomic mass is 10.1. The number of nitrogens with one attached hydrogen (secondary N) is 1. The largest absolute Gasteiger partial charge is 0.465 e. The third-order valence-corrected chi connectivity index (χ3v) is 3.75. The highest BCUT2D eigenvalue weighted by Gasteiger charge is 2.07. The van der Waals surface area contributed by atoms with E-state index in [1.807, 2.05) is 11.4 Å². The number of hydrogen-bond acceptors (Lipinski definition) is 4. The highest BCUT2D eigenvalue weighted by atomic mass is 32.1. The first-order chi connectivity index (χ1) is 10.6. The molecule has 1 aromatic heterocycles. The minimum Gasteiger partial charge on any atom is -0.465 e. The third-order valence-electron chi connectivity index (χ3n) is 2.88. The van der Waals surface area contributed by atoms with Crippen LogP contribution < -0.4 is 5.32 Å². The van der Waals surface area contributed by atoms with Crippen molar-refractivity contribution in [2.24, 2.45) is 0 Å². The second kappa shape index (κ2) is 8.29. The molecule has 6 heteroatoms. The van der Waals surface area contributed by atoms with E-state index in [-0.39, 0.29) is 30.7 Å². The van der Waals surface area contributed by atoms with Crippen LogP contribution in [0.4, 0.5) is 4.39 Å². The summed E-state index contributed by atoms with van der Waals surface area (Å²) in [5.41, 5.74) is 0.706. The SMILES string of the molecule is O=C(Cc1ccc(F)cc1)OCCCNC(=O)c1cccs1. The Morgan fingerprint density at radius 1 is 1.18 bits per heavy atom. The molecule has 1 N–H and O–H groups in total. The minimum atomic E-state index is -0.365. The van der Waals surface area contributed by atoms with E-state index in [1.165, 1.54) is 23.5 Å². The fourth-order valence-electron chi connectivity index (χ4n) is 1.77. The molecule has 22 heavy (non-hydrogen) atoms. The van der Waals surface area contributed by atoms with E-state index >= 15 is 0 Å². The van der Waals surface area contributed by atoms with Gasteiger partial charge in [0.05, 0.1) is 17.9 Å². The lowest BCUT2D eigenvalue weighted by Gasteiger charge is -2.06. The molecule has 0 spiro atoms. The van der Waals surface area contributed by atoms with E-state index in [9.17, 15) is 14.0 Å². The predicted molar refractivity (Wildman–Crippen MR) is 82.3 cm³/mol. The number of carbonyl (C=O) groups excluding carboxylic acids is 2. The summed E-state index contributed by atoms with van der Waals surface area (Å²) in [6, 6.07) is 9.29. The number of thiophene rings is 1. The summed E-state index contributed by atoms with van der Waals surface area (Å²) in [4.78, 5) is 23.9. The van der Waals surface area contributed by atoms with E-state index in [2.05, 4.69) is 5.32 Å². The van der Waals surface area contributed by atoms with Gasteiger partial charge in [-0.15, -0.1) is 11.3 Å². The Balaban J connectivity index is 1.59. The van der Waals surface area contributed by atoms with Crippen LogP contribution >= 0.6 is 11.3 Å². The van der Waals surface area contributed by atoms with Gasteiger partial charge in [0.1, 0.15) is 5.82 Å². The summed E-state index contributed by atoms with van der Waals surface area (Å²) in [6.45, 7) is 0.686. The summed E-state index contributed by atoms with van der Waals surface area (Å²) in [5, 5.41) is 4.59. The Kier molecular flexibility index (Phi) is 6.09. The maximum absolute atomic E-state index is 12.7. The number of ether oxygens (including phenoxy) is 1. The highest BCUT2D eigenvalue weighted by molar-refractivity contribution is 7.12. The Morgan fingerprint density at radius 3 is 2.64 bits per heavy atom. The van der Waals surface area contributed by atoms with Crippen molar-refractivity contribution in [1.82, 2.24) is 5.32 Å². The van der Waals surface area contributed by atoms with Gasteiger partial charge in [0.15, 0.2) is 0 Å². The molecule has 4 nitrogen and oxygen atoms in total. The van der Waals surface area contributed by atoms with Gasteiger partial charge in [0.2, 0.25) is 0 Å². The first-order valence-corrected chi connectivity index (χ1v) is 7.75. The summed E-state index contributed by atoms with van der Waals surface area (Å²) < 4.78 is 17.8. The molecular formula is C16H16FNO3S. The van der Waals surface area contributed by atoms with Gasteiger partial charge < -0.3 is 10.1 Å². The molecule has 0 saturated carbocycles. The summed E-state index contributed by atoms with van der Waals surface area (Å²) in [6.07, 6.45) is 0.661. The number of hydrogen-bond donors (Lipinski definition) is 1. The zero-order valence-electron chi connectivity index (χ0n) is 11.9. The maximum Gasteiger partial charge on any atom is 0.310 e. The number of rotatable bonds is 7. The number of amides is 1. The fourth-order valence-corrected chi connectivity index (χ4v) is 2.42. The zero-order chi connectivity index (χ0) is 15.8. The van der Waals surface area contributed by atoms with Gasteiger partial charge >= 0.3 is 5.97 Å². The quantitative estimate of drug-likeness (QED) is 0.630. The number of esters is 1. The lowest BCUT2D eigenvalue weighted by molar-refractivity contribution is -0.142. The van der Waals surface area contributed by atoms with Crippen molar-refractivity contribution in [2.75, 3.05) is 13.2 Å². The molecule has 2 aromatic rings. The molecule has 0 aliphatic rings. The Hall–Kier alpha value is -2.21. The normalized spacial score (nSPS) is 10.2. The van der Waals surface area contributed by atoms with Crippen LogP contribution in [-0.2, 0) is 16.0 Å². The smallest absolute Gasteiger partial charge is 0.310 e. The van der Waals surface area contributed by atoms with Crippen molar-refractivity contribution < 1.29 is 18.7 Å². The molecule has 116 valence electrons. The van der Waals surface area contributed by atoms with Crippen LogP contribution in [0.5, 0.6) is 0 Å². The van der Waals surface area contributed by atoms with Crippen molar-refractivity contribution >= 4 is 23.2 Å².